The second kappa shape index (κ2) is 11.2. The van der Waals surface area contributed by atoms with Gasteiger partial charge in [0.2, 0.25) is 0 Å². The molecular weight excluding hydrogens is 485 g/mol. The number of ether oxygens (including phenoxy) is 1. The minimum absolute atomic E-state index is 0.229. The van der Waals surface area contributed by atoms with Crippen molar-refractivity contribution in [1.29, 1.82) is 0 Å². The number of nitrogens with two attached hydrogens (primary N) is 1. The second-order valence-corrected chi connectivity index (χ2v) is 8.73. The quantitative estimate of drug-likeness (QED) is 0.432. The van der Waals surface area contributed by atoms with Crippen molar-refractivity contribution in [1.82, 2.24) is 15.3 Å². The fourth-order valence-corrected chi connectivity index (χ4v) is 4.08. The van der Waals surface area contributed by atoms with Crippen LogP contribution in [0, 0.1) is 0 Å². The Kier molecular flexibility index (Phi) is 8.01. The first-order valence-electron chi connectivity index (χ1n) is 11.8. The summed E-state index contributed by atoms with van der Waals surface area (Å²) in [6, 6.07) is 10.4. The van der Waals surface area contributed by atoms with E-state index in [9.17, 15) is 23.1 Å². The van der Waals surface area contributed by atoms with E-state index in [0.717, 1.165) is 23.3 Å². The molecule has 10 heteroatoms. The summed E-state index contributed by atoms with van der Waals surface area (Å²) in [5, 5.41) is 12.4. The van der Waals surface area contributed by atoms with Crippen LogP contribution < -0.4 is 11.1 Å². The smallest absolute Gasteiger partial charge is 0.394 e. The van der Waals surface area contributed by atoms with Crippen LogP contribution in [-0.4, -0.2) is 40.8 Å². The third kappa shape index (κ3) is 6.22. The molecule has 0 spiro atoms. The van der Waals surface area contributed by atoms with Gasteiger partial charge in [-0.15, -0.1) is 0 Å². The van der Waals surface area contributed by atoms with E-state index in [-0.39, 0.29) is 17.2 Å². The molecule has 0 saturated carbocycles. The van der Waals surface area contributed by atoms with Crippen LogP contribution in [-0.2, 0) is 10.9 Å². The Morgan fingerprint density at radius 1 is 1.19 bits per heavy atom. The van der Waals surface area contributed by atoms with Gasteiger partial charge in [-0.3, -0.25) is 4.79 Å². The van der Waals surface area contributed by atoms with Crippen LogP contribution >= 0.6 is 0 Å². The molecule has 0 aliphatic carbocycles. The lowest BCUT2D eigenvalue weighted by Gasteiger charge is -2.19. The number of nitrogens with one attached hydrogen (secondary N) is 1. The maximum Gasteiger partial charge on any atom is 0.416 e. The molecule has 0 saturated heterocycles. The van der Waals surface area contributed by atoms with E-state index in [4.69, 9.17) is 10.5 Å². The van der Waals surface area contributed by atoms with Crippen LogP contribution in [0.15, 0.2) is 60.8 Å². The zero-order chi connectivity index (χ0) is 26.6. The van der Waals surface area contributed by atoms with Crippen LogP contribution in [0.5, 0.6) is 0 Å². The Morgan fingerprint density at radius 2 is 1.95 bits per heavy atom. The number of aliphatic hydroxyl groups excluding tert-OH is 1. The summed E-state index contributed by atoms with van der Waals surface area (Å²) in [6.07, 6.45) is -0.410. The van der Waals surface area contributed by atoms with Gasteiger partial charge in [-0.2, -0.15) is 13.2 Å². The Labute approximate surface area is 212 Å². The van der Waals surface area contributed by atoms with E-state index in [1.165, 1.54) is 18.3 Å². The van der Waals surface area contributed by atoms with Crippen LogP contribution in [0.4, 0.5) is 13.2 Å². The molecule has 0 bridgehead atoms. The van der Waals surface area contributed by atoms with E-state index < -0.39 is 30.4 Å². The van der Waals surface area contributed by atoms with Crippen LogP contribution in [0.3, 0.4) is 0 Å². The average Bonchev–Trinajstić information content (AvgIpc) is 2.92. The average molecular weight is 513 g/mol. The first-order chi connectivity index (χ1) is 17.7. The van der Waals surface area contributed by atoms with Crippen molar-refractivity contribution in [3.05, 3.63) is 89.0 Å². The van der Waals surface area contributed by atoms with E-state index in [1.807, 2.05) is 6.08 Å². The summed E-state index contributed by atoms with van der Waals surface area (Å²) in [4.78, 5) is 21.5. The highest BCUT2D eigenvalue weighted by Crippen LogP contribution is 2.36. The summed E-state index contributed by atoms with van der Waals surface area (Å²) in [5.41, 5.74) is 8.25. The molecule has 2 atom stereocenters. The number of benzene rings is 2. The zero-order valence-corrected chi connectivity index (χ0v) is 20.1. The van der Waals surface area contributed by atoms with E-state index in [2.05, 4.69) is 15.3 Å². The number of hydrogen-bond donors (Lipinski definition) is 3. The van der Waals surface area contributed by atoms with Crippen molar-refractivity contribution in [2.24, 2.45) is 5.73 Å². The van der Waals surface area contributed by atoms with Gasteiger partial charge in [-0.05, 0) is 59.4 Å². The van der Waals surface area contributed by atoms with Crippen molar-refractivity contribution < 1.29 is 27.8 Å². The SMILES string of the molecule is C[C@@H](NC(=O)c1ccnc(C2=CCOCC2)n1)c1ccc(-c2cc(C(F)(F)F)ccc2[C@@H](N)CO)cc1. The van der Waals surface area contributed by atoms with Crippen molar-refractivity contribution in [2.75, 3.05) is 19.8 Å². The summed E-state index contributed by atoms with van der Waals surface area (Å²) in [6.45, 7) is 2.45. The fourth-order valence-electron chi connectivity index (χ4n) is 4.08. The van der Waals surface area contributed by atoms with E-state index in [1.54, 1.807) is 31.2 Å². The number of rotatable bonds is 7. The molecule has 0 fully saturated rings. The molecule has 2 heterocycles. The fraction of sp³-hybridized carbons (Fsp3) is 0.296. The summed E-state index contributed by atoms with van der Waals surface area (Å²) < 4.78 is 45.3. The van der Waals surface area contributed by atoms with Crippen molar-refractivity contribution in [3.63, 3.8) is 0 Å². The number of aromatic nitrogens is 2. The molecule has 37 heavy (non-hydrogen) atoms. The Balaban J connectivity index is 1.53. The van der Waals surface area contributed by atoms with Gasteiger partial charge in [-0.1, -0.05) is 36.4 Å². The van der Waals surface area contributed by atoms with Gasteiger partial charge < -0.3 is 20.9 Å². The van der Waals surface area contributed by atoms with Gasteiger partial charge in [0.1, 0.15) is 5.69 Å². The highest BCUT2D eigenvalue weighted by molar-refractivity contribution is 5.92. The number of carbonyl (C=O) groups excluding carboxylic acids is 1. The second-order valence-electron chi connectivity index (χ2n) is 8.73. The molecule has 194 valence electrons. The van der Waals surface area contributed by atoms with Crippen LogP contribution in [0.1, 0.15) is 58.4 Å². The lowest BCUT2D eigenvalue weighted by molar-refractivity contribution is -0.137. The largest absolute Gasteiger partial charge is 0.416 e. The maximum atomic E-state index is 13.3. The monoisotopic (exact) mass is 512 g/mol. The molecule has 1 aromatic heterocycles. The summed E-state index contributed by atoms with van der Waals surface area (Å²) in [5.74, 6) is 0.118. The molecule has 1 aliphatic rings. The molecule has 7 nitrogen and oxygen atoms in total. The molecule has 0 radical (unpaired) electrons. The van der Waals surface area contributed by atoms with Crippen LogP contribution in [0.2, 0.25) is 0 Å². The zero-order valence-electron chi connectivity index (χ0n) is 20.1. The standard InChI is InChI=1S/C27H27F3N4O3/c1-16(33-26(36)24-8-11-32-25(34-24)19-9-12-37-13-10-19)17-2-4-18(5-3-17)22-14-20(27(28,29)30)6-7-21(22)23(31)15-35/h2-9,11,14,16,23,35H,10,12-13,15,31H2,1H3,(H,33,36)/t16-,23+/m1/s1. The third-order valence-corrected chi connectivity index (χ3v) is 6.18. The number of hydrogen-bond acceptors (Lipinski definition) is 6. The lowest BCUT2D eigenvalue weighted by atomic mass is 9.92. The predicted molar refractivity (Wildman–Crippen MR) is 132 cm³/mol. The van der Waals surface area contributed by atoms with Gasteiger partial charge in [0.05, 0.1) is 37.5 Å². The number of halogens is 3. The minimum atomic E-state index is -4.52. The molecule has 4 rings (SSSR count). The molecule has 3 aromatic rings. The molecule has 0 unspecified atom stereocenters. The van der Waals surface area contributed by atoms with Gasteiger partial charge in [-0.25, -0.2) is 9.97 Å². The van der Waals surface area contributed by atoms with Crippen molar-refractivity contribution in [2.45, 2.75) is 31.6 Å². The topological polar surface area (TPSA) is 110 Å². The van der Waals surface area contributed by atoms with Gasteiger partial charge >= 0.3 is 6.18 Å². The molecule has 1 amide bonds. The van der Waals surface area contributed by atoms with Gasteiger partial charge in [0.15, 0.2) is 5.82 Å². The summed E-state index contributed by atoms with van der Waals surface area (Å²) >= 11 is 0. The predicted octanol–water partition coefficient (Wildman–Crippen LogP) is 4.45. The summed E-state index contributed by atoms with van der Waals surface area (Å²) in [7, 11) is 0. The normalized spacial score (nSPS) is 15.6. The van der Waals surface area contributed by atoms with Crippen molar-refractivity contribution in [3.8, 4) is 11.1 Å². The van der Waals surface area contributed by atoms with E-state index in [0.29, 0.717) is 36.6 Å². The van der Waals surface area contributed by atoms with Gasteiger partial charge in [0, 0.05) is 6.20 Å². The first kappa shape index (κ1) is 26.5. The molecule has 4 N–H and O–H groups in total. The highest BCUT2D eigenvalue weighted by Gasteiger charge is 2.31. The number of amides is 1. The molecule has 1 aliphatic heterocycles. The molecular formula is C27H27F3N4O3. The Morgan fingerprint density at radius 3 is 2.59 bits per heavy atom. The lowest BCUT2D eigenvalue weighted by Crippen LogP contribution is -2.27. The van der Waals surface area contributed by atoms with Gasteiger partial charge in [0.25, 0.3) is 5.91 Å². The number of carbonyl (C=O) groups is 1. The van der Waals surface area contributed by atoms with Crippen LogP contribution in [0.25, 0.3) is 16.7 Å². The number of aliphatic hydroxyl groups is 1. The number of nitrogens with zero attached hydrogens (tertiary/aromatic N) is 2. The molecule has 2 aromatic carbocycles. The Bertz CT molecular complexity index is 1290. The first-order valence-corrected chi connectivity index (χ1v) is 11.8. The maximum absolute atomic E-state index is 13.3. The highest BCUT2D eigenvalue weighted by atomic mass is 19.4. The van der Waals surface area contributed by atoms with E-state index >= 15 is 0 Å². The van der Waals surface area contributed by atoms with Crippen molar-refractivity contribution >= 4 is 11.5 Å². The Hall–Kier alpha value is -3.60. The number of alkyl halides is 3. The minimum Gasteiger partial charge on any atom is -0.394 e. The third-order valence-electron chi connectivity index (χ3n) is 6.18.